The van der Waals surface area contributed by atoms with Crippen molar-refractivity contribution in [3.63, 3.8) is 0 Å². The summed E-state index contributed by atoms with van der Waals surface area (Å²) in [7, 11) is 5.48. The Hall–Kier alpha value is -9.31. The molecule has 119 heavy (non-hydrogen) atoms. The molecule has 0 aliphatic carbocycles. The number of nitrogens with two attached hydrogens (primary N) is 3. The number of carboxylic acids is 2. The van der Waals surface area contributed by atoms with Gasteiger partial charge in [0.1, 0.15) is 49.7 Å². The normalized spacial score (nSPS) is 15.0. The first-order valence-electron chi connectivity index (χ1n) is 35.4. The molecular formula is C83H135BClN9O24Pd-. The Morgan fingerprint density at radius 2 is 0.891 bits per heavy atom. The number of carbonyl (C=O) groups excluding carboxylic acids is 8. The summed E-state index contributed by atoms with van der Waals surface area (Å²) in [4.78, 5) is 124. The van der Waals surface area contributed by atoms with Crippen LogP contribution in [0.3, 0.4) is 0 Å². The van der Waals surface area contributed by atoms with Gasteiger partial charge in [0, 0.05) is 81.4 Å². The number of hydrogen-bond acceptors (Lipinski definition) is 26. The van der Waals surface area contributed by atoms with Crippen molar-refractivity contribution in [3.8, 4) is 0 Å². The fraction of sp³-hybridized carbons (Fsp3) is 0.494. The second-order valence-corrected chi connectivity index (χ2v) is 26.1. The number of halogens is 1. The first-order chi connectivity index (χ1) is 52.9. The number of carboxylic acid groups (broad SMARTS) is 2. The number of aliphatic hydroxyl groups excluding tert-OH is 6. The molecule has 677 valence electrons. The van der Waals surface area contributed by atoms with E-state index < -0.39 is 107 Å². The molecule has 33 nitrogen and oxygen atoms in total. The van der Waals surface area contributed by atoms with E-state index in [0.29, 0.717) is 45.4 Å². The molecule has 12 atom stereocenters. The summed E-state index contributed by atoms with van der Waals surface area (Å²) in [6.45, 7) is 17.7. The number of nitrogens with one attached hydrogen (secondary N) is 4. The van der Waals surface area contributed by atoms with Crippen molar-refractivity contribution in [2.45, 2.75) is 216 Å². The Bertz CT molecular complexity index is 3500. The van der Waals surface area contributed by atoms with E-state index in [0.717, 1.165) is 34.9 Å². The molecule has 7 rings (SSSR count). The SMILES string of the molecule is C.C.C.C.C=NOCc1ccccc1.CNC(=O)[C@@H](CC(=O)OCc1ccccc1)[C@@H](C)O.CNC(=O)[C@@H](CCC1CCC2(CNC2=O)N1C(=O)OC(C)(C)C)[C@@H](C)O.CNC(=O)[C@@H](N)[C@@H](C)O.CO.C[C@@H](O)[C@H](CC(=O)OCc1ccccc1)C(=O)O.C[C@@H](O)[C@H](N)C(=O)O.NOCc1ccccc1.O=C(Cl)OCc1ccccc1.[B].[CH3-].[Pd]. The summed E-state index contributed by atoms with van der Waals surface area (Å²) in [6, 6.07) is 45.2. The number of ether oxygens (including phenoxy) is 4. The second-order valence-electron chi connectivity index (χ2n) is 25.8. The van der Waals surface area contributed by atoms with E-state index >= 15 is 0 Å². The molecule has 2 unspecified atom stereocenters. The Morgan fingerprint density at radius 1 is 0.555 bits per heavy atom. The maximum absolute atomic E-state index is 12.8. The Labute approximate surface area is 724 Å². The van der Waals surface area contributed by atoms with Crippen LogP contribution in [-0.2, 0) is 120 Å². The fourth-order valence-corrected chi connectivity index (χ4v) is 9.63. The van der Waals surface area contributed by atoms with Gasteiger partial charge >= 0.3 is 35.4 Å². The Morgan fingerprint density at radius 3 is 1.15 bits per heavy atom. The topological polar surface area (TPSA) is 530 Å². The molecule has 36 heteroatoms. The molecule has 5 aromatic rings. The monoisotopic (exact) mass is 1790 g/mol. The van der Waals surface area contributed by atoms with Gasteiger partial charge in [-0.1, -0.05) is 181 Å². The van der Waals surface area contributed by atoms with Crippen LogP contribution in [0.1, 0.15) is 151 Å². The summed E-state index contributed by atoms with van der Waals surface area (Å²) in [5, 5.41) is 83.0. The van der Waals surface area contributed by atoms with E-state index in [1.54, 1.807) is 44.7 Å². The van der Waals surface area contributed by atoms with Crippen LogP contribution in [0, 0.1) is 25.2 Å². The van der Waals surface area contributed by atoms with Crippen molar-refractivity contribution in [2.24, 2.45) is 40.3 Å². The first-order valence-corrected chi connectivity index (χ1v) is 35.7. The summed E-state index contributed by atoms with van der Waals surface area (Å²) >= 11 is 4.97. The third-order valence-electron chi connectivity index (χ3n) is 15.9. The number of nitrogens with zero attached hydrogens (tertiary/aromatic N) is 2. The zero-order valence-electron chi connectivity index (χ0n) is 67.5. The average Bonchev–Trinajstić information content (AvgIpc) is 1.59. The number of β-lactam (4-membered cyclic amide) rings is 1. The van der Waals surface area contributed by atoms with Crippen LogP contribution in [-0.4, -0.2) is 214 Å². The average molecular weight is 1800 g/mol. The molecule has 2 heterocycles. The van der Waals surface area contributed by atoms with Crippen LogP contribution in [0.15, 0.2) is 157 Å². The number of aliphatic carboxylic acids is 2. The van der Waals surface area contributed by atoms with Gasteiger partial charge in [-0.05, 0) is 109 Å². The van der Waals surface area contributed by atoms with Crippen molar-refractivity contribution in [3.05, 3.63) is 187 Å². The van der Waals surface area contributed by atoms with E-state index in [1.807, 2.05) is 140 Å². The van der Waals surface area contributed by atoms with Gasteiger partial charge in [-0.25, -0.2) is 15.5 Å². The summed E-state index contributed by atoms with van der Waals surface area (Å²) < 4.78 is 20.1. The van der Waals surface area contributed by atoms with Crippen molar-refractivity contribution in [2.75, 3.05) is 34.8 Å². The number of benzene rings is 5. The van der Waals surface area contributed by atoms with Gasteiger partial charge in [0.15, 0.2) is 0 Å². The minimum absolute atomic E-state index is 0. The molecule has 0 saturated carbocycles. The minimum atomic E-state index is -1.21. The van der Waals surface area contributed by atoms with Gasteiger partial charge in [-0.3, -0.25) is 48.1 Å². The molecule has 2 aliphatic heterocycles. The second kappa shape index (κ2) is 72.7. The van der Waals surface area contributed by atoms with Crippen LogP contribution in [0.25, 0.3) is 0 Å². The van der Waals surface area contributed by atoms with Crippen molar-refractivity contribution >= 4 is 85.8 Å². The molecule has 5 amide bonds. The molecular weight excluding hydrogens is 1660 g/mol. The molecule has 0 aromatic heterocycles. The van der Waals surface area contributed by atoms with Crippen molar-refractivity contribution < 1.29 is 138 Å². The third-order valence-corrected chi connectivity index (χ3v) is 16.0. The number of carbonyl (C=O) groups is 10. The third kappa shape index (κ3) is 56.0. The molecule has 18 N–H and O–H groups in total. The van der Waals surface area contributed by atoms with Crippen molar-refractivity contribution in [1.29, 1.82) is 0 Å². The number of esters is 2. The maximum Gasteiger partial charge on any atom is 0.411 e. The number of rotatable bonds is 28. The molecule has 2 aliphatic rings. The van der Waals surface area contributed by atoms with Crippen molar-refractivity contribution in [1.82, 2.24) is 26.2 Å². The molecule has 1 spiro atoms. The van der Waals surface area contributed by atoms with Crippen LogP contribution in [0.2, 0.25) is 0 Å². The van der Waals surface area contributed by atoms with E-state index in [1.165, 1.54) is 48.8 Å². The molecule has 5 aromatic carbocycles. The molecule has 2 fully saturated rings. The predicted molar refractivity (Wildman–Crippen MR) is 456 cm³/mol. The Kier molecular flexibility index (Phi) is 78.1. The molecule has 2 saturated heterocycles. The van der Waals surface area contributed by atoms with Crippen LogP contribution < -0.4 is 38.6 Å². The van der Waals surface area contributed by atoms with Crippen LogP contribution in [0.5, 0.6) is 0 Å². The first kappa shape index (κ1) is 128. The summed E-state index contributed by atoms with van der Waals surface area (Å²) in [5.74, 6) is -2.21. The number of likely N-dealkylation sites (N-methyl/N-ethyl adjacent to an activating group) is 1. The Balaban J connectivity index is -0.000000169. The van der Waals surface area contributed by atoms with Gasteiger partial charge in [-0.2, -0.15) is 0 Å². The summed E-state index contributed by atoms with van der Waals surface area (Å²) in [6.07, 6.45) is -3.29. The zero-order valence-corrected chi connectivity index (χ0v) is 69.8. The minimum Gasteiger partial charge on any atom is -0.481 e. The predicted octanol–water partition coefficient (Wildman–Crippen LogP) is 7.74. The van der Waals surface area contributed by atoms with Gasteiger partial charge in [0.25, 0.3) is 0 Å². The smallest absolute Gasteiger partial charge is 0.411 e. The van der Waals surface area contributed by atoms with Gasteiger partial charge < -0.3 is 105 Å². The number of oxime groups is 1. The zero-order chi connectivity index (χ0) is 85.5. The van der Waals surface area contributed by atoms with E-state index in [-0.39, 0.29) is 128 Å². The van der Waals surface area contributed by atoms with E-state index in [2.05, 4.69) is 42.7 Å². The number of amides is 5. The van der Waals surface area contributed by atoms with Crippen LogP contribution >= 0.6 is 11.6 Å². The summed E-state index contributed by atoms with van der Waals surface area (Å²) in [5.41, 5.74) is 12.7. The van der Waals surface area contributed by atoms with E-state index in [9.17, 15) is 63.3 Å². The quantitative estimate of drug-likeness (QED) is 0.00332. The largest absolute Gasteiger partial charge is 0.481 e. The van der Waals surface area contributed by atoms with Crippen LogP contribution in [0.4, 0.5) is 9.59 Å². The van der Waals surface area contributed by atoms with E-state index in [4.69, 9.17) is 73.5 Å². The maximum atomic E-state index is 12.8. The number of likely N-dealkylation sites (tertiary alicyclic amines) is 1. The molecule has 0 bridgehead atoms. The van der Waals surface area contributed by atoms with Gasteiger partial charge in [-0.15, -0.1) is 5.16 Å². The number of aliphatic hydroxyl groups is 6. The number of hydrogen-bond donors (Lipinski definition) is 15. The molecule has 3 radical (unpaired) electrons. The van der Waals surface area contributed by atoms with Gasteiger partial charge in [0.2, 0.25) is 23.6 Å². The van der Waals surface area contributed by atoms with Gasteiger partial charge in [0.05, 0.1) is 74.3 Å². The standard InChI is InChI=1S/C18H31N3O5.C14H19NO4.C13H16O5.C8H7ClO2.C8H9NO.C7H9NO.C5H12N2O2.C4H9NO3.CH4O.4CH4.CH3.B.Pd/c1-11(22)13(14(23)19-5)7-6-12-8-9-18(10-20-15(18)24)21(12)16(25)26-17(2,3)4;1-10(16)12(14(18)15-2)8-13(17)19-9-11-6-4-3-5-7-11;1-9(14)11(13(16)17)7-12(15)18-8-10-5-3-2-4-6-10;9-8(10)11-6-7-4-2-1-3-5-7;1-9-10-7-8-5-3-2-4-6-8;8-9-6-7-4-2-1-3-5-7;1-3(8)4(6)5(9)7-2;1-2(6)3(5)4(7)8;1-2;;;;;;;/h11-13,22H,6-10H2,1-5H3,(H,19,23)(H,20,24);3-7,10,12,16H,8-9H2,1-2H3,(H,15,18);2-6,9,11,14H,7-8H2,1H3,(H,16,17);1-5H,6H2;2-6H,1,7H2;1-5H,6,8H2;3-4,8H,6H2,1-2H3,(H,7,9);2-3,6H,5H2,1H3,(H,7,8);2H,1H3;4*1H4;1H3;;/q;;;;;;;;;;;;;-1;;/t11-,12?,13+,18?;10-,12+;9-,11+;;;;3-,4+;2-,3+;;;;;;;;/m111...11......../s1. The fourth-order valence-electron chi connectivity index (χ4n) is 9.58.